The summed E-state index contributed by atoms with van der Waals surface area (Å²) in [6.07, 6.45) is 1.24. The highest BCUT2D eigenvalue weighted by atomic mass is 35.5. The van der Waals surface area contributed by atoms with Crippen molar-refractivity contribution in [2.24, 2.45) is 5.10 Å². The van der Waals surface area contributed by atoms with E-state index in [-0.39, 0.29) is 18.7 Å². The minimum absolute atomic E-state index is 0.0446. The topological polar surface area (TPSA) is 70.6 Å². The van der Waals surface area contributed by atoms with Crippen LogP contribution in [0.2, 0.25) is 20.1 Å². The first kappa shape index (κ1) is 20.5. The first-order valence-electron chi connectivity index (χ1n) is 7.37. The predicted octanol–water partition coefficient (Wildman–Crippen LogP) is 5.17. The fraction of sp³-hybridized carbons (Fsp3) is 0.118. The van der Waals surface area contributed by atoms with Crippen LogP contribution < -0.4 is 10.7 Å². The number of hydrazone groups is 1. The number of anilines is 1. The average Bonchev–Trinajstić information content (AvgIpc) is 2.59. The van der Waals surface area contributed by atoms with E-state index in [1.54, 1.807) is 30.3 Å². The maximum absolute atomic E-state index is 11.9. The zero-order valence-electron chi connectivity index (χ0n) is 13.2. The molecule has 2 aromatic carbocycles. The number of carbonyl (C=O) groups excluding carboxylic acids is 2. The van der Waals surface area contributed by atoms with Crippen LogP contribution in [-0.4, -0.2) is 18.0 Å². The number of amides is 2. The SMILES string of the molecule is O=C(CCC(=O)Nc1cc(Cl)ccc1Cl)N/N=C\c1c(Cl)cccc1Cl. The van der Waals surface area contributed by atoms with Crippen molar-refractivity contribution in [2.75, 3.05) is 5.32 Å². The van der Waals surface area contributed by atoms with Gasteiger partial charge in [-0.2, -0.15) is 5.10 Å². The maximum Gasteiger partial charge on any atom is 0.240 e. The second-order valence-electron chi connectivity index (χ2n) is 5.10. The Bertz CT molecular complexity index is 836. The number of hydrogen-bond acceptors (Lipinski definition) is 3. The van der Waals surface area contributed by atoms with Gasteiger partial charge in [-0.25, -0.2) is 5.43 Å². The van der Waals surface area contributed by atoms with Gasteiger partial charge in [-0.05, 0) is 30.3 Å². The van der Waals surface area contributed by atoms with Gasteiger partial charge in [0.2, 0.25) is 11.8 Å². The highest BCUT2D eigenvalue weighted by Crippen LogP contribution is 2.25. The monoisotopic (exact) mass is 431 g/mol. The van der Waals surface area contributed by atoms with E-state index < -0.39 is 5.91 Å². The molecule has 2 aromatic rings. The van der Waals surface area contributed by atoms with Crippen LogP contribution in [0.15, 0.2) is 41.5 Å². The molecule has 0 aliphatic heterocycles. The Morgan fingerprint density at radius 1 is 0.923 bits per heavy atom. The molecule has 0 atom stereocenters. The molecule has 0 saturated heterocycles. The summed E-state index contributed by atoms with van der Waals surface area (Å²) in [4.78, 5) is 23.7. The van der Waals surface area contributed by atoms with Crippen LogP contribution in [0.25, 0.3) is 0 Å². The summed E-state index contributed by atoms with van der Waals surface area (Å²) >= 11 is 23.8. The van der Waals surface area contributed by atoms with Crippen molar-refractivity contribution in [1.82, 2.24) is 5.43 Å². The van der Waals surface area contributed by atoms with Crippen molar-refractivity contribution < 1.29 is 9.59 Å². The molecule has 0 aliphatic carbocycles. The van der Waals surface area contributed by atoms with Gasteiger partial charge in [0.1, 0.15) is 0 Å². The van der Waals surface area contributed by atoms with Gasteiger partial charge in [-0.1, -0.05) is 52.5 Å². The Kier molecular flexibility index (Phi) is 7.72. The van der Waals surface area contributed by atoms with Crippen LogP contribution in [0, 0.1) is 0 Å². The Labute approximate surface area is 170 Å². The number of rotatable bonds is 6. The Hall–Kier alpha value is -1.79. The minimum Gasteiger partial charge on any atom is -0.325 e. The van der Waals surface area contributed by atoms with Crippen molar-refractivity contribution in [2.45, 2.75) is 12.8 Å². The molecule has 0 spiro atoms. The molecule has 9 heteroatoms. The van der Waals surface area contributed by atoms with Crippen molar-refractivity contribution in [1.29, 1.82) is 0 Å². The number of benzene rings is 2. The second kappa shape index (κ2) is 9.78. The molecule has 2 N–H and O–H groups in total. The van der Waals surface area contributed by atoms with Gasteiger partial charge in [0, 0.05) is 23.4 Å². The molecule has 0 bridgehead atoms. The van der Waals surface area contributed by atoms with Crippen molar-refractivity contribution in [3.63, 3.8) is 0 Å². The lowest BCUT2D eigenvalue weighted by Gasteiger charge is -2.07. The molecule has 0 aliphatic rings. The number of hydrogen-bond donors (Lipinski definition) is 2. The van der Waals surface area contributed by atoms with Crippen LogP contribution in [-0.2, 0) is 9.59 Å². The van der Waals surface area contributed by atoms with Gasteiger partial charge in [-0.15, -0.1) is 0 Å². The van der Waals surface area contributed by atoms with Gasteiger partial charge in [0.25, 0.3) is 0 Å². The van der Waals surface area contributed by atoms with E-state index in [2.05, 4.69) is 15.8 Å². The van der Waals surface area contributed by atoms with E-state index in [4.69, 9.17) is 46.4 Å². The van der Waals surface area contributed by atoms with Crippen LogP contribution in [0.4, 0.5) is 5.69 Å². The lowest BCUT2D eigenvalue weighted by atomic mass is 10.2. The molecule has 136 valence electrons. The van der Waals surface area contributed by atoms with E-state index in [1.807, 2.05) is 0 Å². The summed E-state index contributed by atoms with van der Waals surface area (Å²) in [6.45, 7) is 0. The molecular weight excluding hydrogens is 420 g/mol. The highest BCUT2D eigenvalue weighted by Gasteiger charge is 2.09. The Morgan fingerprint density at radius 2 is 1.58 bits per heavy atom. The smallest absolute Gasteiger partial charge is 0.240 e. The van der Waals surface area contributed by atoms with Gasteiger partial charge >= 0.3 is 0 Å². The Morgan fingerprint density at radius 3 is 2.27 bits per heavy atom. The van der Waals surface area contributed by atoms with Crippen LogP contribution in [0.1, 0.15) is 18.4 Å². The predicted molar refractivity (Wildman–Crippen MR) is 107 cm³/mol. The van der Waals surface area contributed by atoms with E-state index in [0.29, 0.717) is 31.3 Å². The molecule has 2 rings (SSSR count). The normalized spacial score (nSPS) is 10.8. The summed E-state index contributed by atoms with van der Waals surface area (Å²) in [7, 11) is 0. The second-order valence-corrected chi connectivity index (χ2v) is 6.76. The third kappa shape index (κ3) is 6.18. The molecular formula is C17H13Cl4N3O2. The molecule has 0 unspecified atom stereocenters. The Balaban J connectivity index is 1.82. The highest BCUT2D eigenvalue weighted by molar-refractivity contribution is 6.38. The van der Waals surface area contributed by atoms with Crippen molar-refractivity contribution in [3.8, 4) is 0 Å². The molecule has 0 aromatic heterocycles. The summed E-state index contributed by atoms with van der Waals surface area (Å²) in [5.74, 6) is -0.806. The molecule has 2 amide bonds. The summed E-state index contributed by atoms with van der Waals surface area (Å²) < 4.78 is 0. The molecule has 0 heterocycles. The van der Waals surface area contributed by atoms with Crippen molar-refractivity contribution in [3.05, 3.63) is 62.1 Å². The minimum atomic E-state index is -0.434. The van der Waals surface area contributed by atoms with Gasteiger partial charge in [0.05, 0.1) is 27.0 Å². The molecule has 0 radical (unpaired) electrons. The average molecular weight is 433 g/mol. The third-order valence-corrected chi connectivity index (χ3v) is 4.39. The first-order chi connectivity index (χ1) is 12.4. The number of halogens is 4. The van der Waals surface area contributed by atoms with Crippen molar-refractivity contribution >= 4 is 70.1 Å². The van der Waals surface area contributed by atoms with E-state index >= 15 is 0 Å². The molecule has 0 saturated carbocycles. The van der Waals surface area contributed by atoms with Gasteiger partial charge in [0.15, 0.2) is 0 Å². The van der Waals surface area contributed by atoms with Crippen LogP contribution in [0.5, 0.6) is 0 Å². The number of carbonyl (C=O) groups is 2. The quantitative estimate of drug-likeness (QED) is 0.488. The van der Waals surface area contributed by atoms with E-state index in [9.17, 15) is 9.59 Å². The zero-order chi connectivity index (χ0) is 19.1. The van der Waals surface area contributed by atoms with Crippen LogP contribution in [0.3, 0.4) is 0 Å². The standard InChI is InChI=1S/C17H13Cl4N3O2/c18-10-4-5-14(21)15(8-10)23-16(25)6-7-17(26)24-22-9-11-12(19)2-1-3-13(11)20/h1-5,8-9H,6-7H2,(H,23,25)(H,24,26)/b22-9-. The fourth-order valence-corrected chi connectivity index (χ4v) is 2.72. The maximum atomic E-state index is 11.9. The summed E-state index contributed by atoms with van der Waals surface area (Å²) in [5.41, 5.74) is 3.19. The van der Waals surface area contributed by atoms with Gasteiger partial charge < -0.3 is 5.32 Å². The van der Waals surface area contributed by atoms with E-state index in [1.165, 1.54) is 12.3 Å². The molecule has 5 nitrogen and oxygen atoms in total. The molecule has 26 heavy (non-hydrogen) atoms. The number of nitrogens with one attached hydrogen (secondary N) is 2. The number of nitrogens with zero attached hydrogens (tertiary/aromatic N) is 1. The lowest BCUT2D eigenvalue weighted by Crippen LogP contribution is -2.20. The lowest BCUT2D eigenvalue weighted by molar-refractivity contribution is -0.124. The zero-order valence-corrected chi connectivity index (χ0v) is 16.3. The van der Waals surface area contributed by atoms with E-state index in [0.717, 1.165) is 0 Å². The summed E-state index contributed by atoms with van der Waals surface area (Å²) in [5, 5.41) is 8.00. The van der Waals surface area contributed by atoms with Crippen LogP contribution >= 0.6 is 46.4 Å². The van der Waals surface area contributed by atoms with Gasteiger partial charge in [-0.3, -0.25) is 9.59 Å². The molecule has 0 fully saturated rings. The third-order valence-electron chi connectivity index (χ3n) is 3.16. The fourth-order valence-electron chi connectivity index (χ4n) is 1.89. The first-order valence-corrected chi connectivity index (χ1v) is 8.89. The summed E-state index contributed by atoms with van der Waals surface area (Å²) in [6, 6.07) is 9.71. The largest absolute Gasteiger partial charge is 0.325 e.